The molecule has 0 N–H and O–H groups in total. The Bertz CT molecular complexity index is 1140. The Balaban J connectivity index is 1.51. The van der Waals surface area contributed by atoms with Crippen LogP contribution in [0.25, 0.3) is 11.1 Å². The summed E-state index contributed by atoms with van der Waals surface area (Å²) in [6.07, 6.45) is 7.18. The summed E-state index contributed by atoms with van der Waals surface area (Å²) in [5.74, 6) is 2.40. The molecule has 1 saturated carbocycles. The third-order valence-corrected chi connectivity index (χ3v) is 8.00. The van der Waals surface area contributed by atoms with Crippen LogP contribution in [0.2, 0.25) is 5.02 Å². The van der Waals surface area contributed by atoms with E-state index in [0.717, 1.165) is 22.9 Å². The summed E-state index contributed by atoms with van der Waals surface area (Å²) in [6.45, 7) is 0. The number of hydrogen-bond donors (Lipinski definition) is 0. The van der Waals surface area contributed by atoms with Crippen LogP contribution < -0.4 is 9.47 Å². The lowest BCUT2D eigenvalue weighted by atomic mass is 9.64. The van der Waals surface area contributed by atoms with E-state index in [2.05, 4.69) is 66.7 Å². The summed E-state index contributed by atoms with van der Waals surface area (Å²) in [5, 5.41) is 0.842. The van der Waals surface area contributed by atoms with Crippen molar-refractivity contribution in [2.24, 2.45) is 5.41 Å². The standard InChI is InChI=1S/C30H31ClO2/c1-32-26-10-6-22(7-11-26)28-16-19-30(29(28)23-8-12-27(33-2)13-9-23)17-14-21(15-18-30)24-4-3-5-25(31)20-24/h3-13,20-21H,14-19H2,1-2H3. The molecule has 0 aliphatic heterocycles. The molecule has 2 aliphatic carbocycles. The van der Waals surface area contributed by atoms with Gasteiger partial charge in [-0.25, -0.2) is 0 Å². The summed E-state index contributed by atoms with van der Waals surface area (Å²) >= 11 is 6.29. The molecule has 2 nitrogen and oxygen atoms in total. The second-order valence-electron chi connectivity index (χ2n) is 9.42. The van der Waals surface area contributed by atoms with Gasteiger partial charge in [0.25, 0.3) is 0 Å². The van der Waals surface area contributed by atoms with Crippen LogP contribution in [0, 0.1) is 5.41 Å². The Morgan fingerprint density at radius 3 is 1.94 bits per heavy atom. The van der Waals surface area contributed by atoms with Gasteiger partial charge in [-0.05, 0) is 114 Å². The molecule has 1 spiro atoms. The van der Waals surface area contributed by atoms with Gasteiger partial charge < -0.3 is 9.47 Å². The highest BCUT2D eigenvalue weighted by Gasteiger charge is 2.44. The average molecular weight is 459 g/mol. The van der Waals surface area contributed by atoms with Crippen molar-refractivity contribution in [3.05, 3.63) is 94.5 Å². The molecule has 3 aromatic carbocycles. The van der Waals surface area contributed by atoms with Gasteiger partial charge in [0.15, 0.2) is 0 Å². The summed E-state index contributed by atoms with van der Waals surface area (Å²) in [7, 11) is 3.45. The molecular weight excluding hydrogens is 428 g/mol. The van der Waals surface area contributed by atoms with Gasteiger partial charge in [-0.3, -0.25) is 0 Å². The number of rotatable bonds is 5. The van der Waals surface area contributed by atoms with Crippen molar-refractivity contribution in [3.63, 3.8) is 0 Å². The van der Waals surface area contributed by atoms with E-state index in [9.17, 15) is 0 Å². The zero-order chi connectivity index (χ0) is 22.8. The molecular formula is C30H31ClO2. The molecule has 0 unspecified atom stereocenters. The van der Waals surface area contributed by atoms with Crippen molar-refractivity contribution in [1.29, 1.82) is 0 Å². The van der Waals surface area contributed by atoms with Gasteiger partial charge >= 0.3 is 0 Å². The topological polar surface area (TPSA) is 18.5 Å². The molecule has 3 aromatic rings. The van der Waals surface area contributed by atoms with Crippen LogP contribution in [-0.2, 0) is 0 Å². The minimum Gasteiger partial charge on any atom is -0.497 e. The Labute approximate surface area is 202 Å². The number of halogens is 1. The maximum Gasteiger partial charge on any atom is 0.118 e. The van der Waals surface area contributed by atoms with E-state index in [1.807, 2.05) is 6.07 Å². The predicted molar refractivity (Wildman–Crippen MR) is 137 cm³/mol. The van der Waals surface area contributed by atoms with Crippen molar-refractivity contribution in [1.82, 2.24) is 0 Å². The molecule has 0 radical (unpaired) electrons. The van der Waals surface area contributed by atoms with Crippen LogP contribution >= 0.6 is 11.6 Å². The summed E-state index contributed by atoms with van der Waals surface area (Å²) in [4.78, 5) is 0. The van der Waals surface area contributed by atoms with Gasteiger partial charge in [-0.2, -0.15) is 0 Å². The van der Waals surface area contributed by atoms with Crippen LogP contribution in [0.3, 0.4) is 0 Å². The van der Waals surface area contributed by atoms with Crippen molar-refractivity contribution >= 4 is 22.7 Å². The number of benzene rings is 3. The first-order valence-electron chi connectivity index (χ1n) is 11.9. The molecule has 0 heterocycles. The maximum atomic E-state index is 6.29. The van der Waals surface area contributed by atoms with E-state index in [1.54, 1.807) is 19.8 Å². The summed E-state index contributed by atoms with van der Waals surface area (Å²) < 4.78 is 10.8. The molecule has 0 saturated heterocycles. The lowest BCUT2D eigenvalue weighted by Crippen LogP contribution is -2.26. The fourth-order valence-corrected chi connectivity index (χ4v) is 6.22. The van der Waals surface area contributed by atoms with Crippen LogP contribution in [0.1, 0.15) is 61.1 Å². The normalized spacial score (nSPS) is 22.6. The molecule has 33 heavy (non-hydrogen) atoms. The Morgan fingerprint density at radius 2 is 1.36 bits per heavy atom. The molecule has 0 bridgehead atoms. The molecule has 0 atom stereocenters. The minimum absolute atomic E-state index is 0.235. The Hall–Kier alpha value is -2.71. The number of ether oxygens (including phenoxy) is 2. The van der Waals surface area contributed by atoms with Gasteiger partial charge in [0.1, 0.15) is 11.5 Å². The SMILES string of the molecule is COc1ccc(C2=C(c3ccc(OC)cc3)C3(CC2)CCC(c2cccc(Cl)c2)CC3)cc1. The van der Waals surface area contributed by atoms with Crippen LogP contribution in [-0.4, -0.2) is 14.2 Å². The molecule has 0 amide bonds. The molecule has 5 rings (SSSR count). The third-order valence-electron chi connectivity index (χ3n) is 7.77. The highest BCUT2D eigenvalue weighted by atomic mass is 35.5. The van der Waals surface area contributed by atoms with Crippen LogP contribution in [0.5, 0.6) is 11.5 Å². The second-order valence-corrected chi connectivity index (χ2v) is 9.86. The summed E-state index contributed by atoms with van der Waals surface area (Å²) in [5.41, 5.74) is 7.30. The molecule has 0 aromatic heterocycles. The van der Waals surface area contributed by atoms with Gasteiger partial charge in [0.2, 0.25) is 0 Å². The van der Waals surface area contributed by atoms with Gasteiger partial charge in [-0.15, -0.1) is 0 Å². The first-order chi connectivity index (χ1) is 16.1. The highest BCUT2D eigenvalue weighted by Crippen LogP contribution is 2.60. The smallest absolute Gasteiger partial charge is 0.118 e. The van der Waals surface area contributed by atoms with Crippen molar-refractivity contribution in [3.8, 4) is 11.5 Å². The first kappa shape index (κ1) is 22.1. The maximum absolute atomic E-state index is 6.29. The Morgan fingerprint density at radius 1 is 0.758 bits per heavy atom. The lowest BCUT2D eigenvalue weighted by molar-refractivity contribution is 0.244. The lowest BCUT2D eigenvalue weighted by Gasteiger charge is -2.40. The number of hydrogen-bond acceptors (Lipinski definition) is 2. The molecule has 170 valence electrons. The van der Waals surface area contributed by atoms with E-state index < -0.39 is 0 Å². The fourth-order valence-electron chi connectivity index (χ4n) is 6.02. The van der Waals surface area contributed by atoms with E-state index in [4.69, 9.17) is 21.1 Å². The monoisotopic (exact) mass is 458 g/mol. The largest absolute Gasteiger partial charge is 0.497 e. The predicted octanol–water partition coefficient (Wildman–Crippen LogP) is 8.41. The fraction of sp³-hybridized carbons (Fsp3) is 0.333. The minimum atomic E-state index is 0.235. The van der Waals surface area contributed by atoms with E-state index in [0.29, 0.717) is 5.92 Å². The third kappa shape index (κ3) is 4.29. The molecule has 1 fully saturated rings. The summed E-state index contributed by atoms with van der Waals surface area (Å²) in [6, 6.07) is 25.7. The number of allylic oxidation sites excluding steroid dienone is 2. The first-order valence-corrected chi connectivity index (χ1v) is 12.3. The zero-order valence-electron chi connectivity index (χ0n) is 19.4. The molecule has 3 heteroatoms. The van der Waals surface area contributed by atoms with Crippen molar-refractivity contribution in [2.75, 3.05) is 14.2 Å². The van der Waals surface area contributed by atoms with Crippen molar-refractivity contribution in [2.45, 2.75) is 44.4 Å². The Kier molecular flexibility index (Phi) is 6.21. The highest BCUT2D eigenvalue weighted by molar-refractivity contribution is 6.30. The molecule has 2 aliphatic rings. The van der Waals surface area contributed by atoms with E-state index in [-0.39, 0.29) is 5.41 Å². The number of methoxy groups -OCH3 is 2. The van der Waals surface area contributed by atoms with Crippen LogP contribution in [0.4, 0.5) is 0 Å². The van der Waals surface area contributed by atoms with E-state index in [1.165, 1.54) is 54.4 Å². The van der Waals surface area contributed by atoms with Gasteiger partial charge in [0, 0.05) is 5.02 Å². The van der Waals surface area contributed by atoms with Crippen molar-refractivity contribution < 1.29 is 9.47 Å². The van der Waals surface area contributed by atoms with Crippen LogP contribution in [0.15, 0.2) is 72.8 Å². The average Bonchev–Trinajstić information content (AvgIpc) is 3.23. The zero-order valence-corrected chi connectivity index (χ0v) is 20.2. The quantitative estimate of drug-likeness (QED) is 0.382. The van der Waals surface area contributed by atoms with E-state index >= 15 is 0 Å². The second kappa shape index (κ2) is 9.27. The van der Waals surface area contributed by atoms with Gasteiger partial charge in [0.05, 0.1) is 14.2 Å². The van der Waals surface area contributed by atoms with Gasteiger partial charge in [-0.1, -0.05) is 48.0 Å².